The predicted molar refractivity (Wildman–Crippen MR) is 106 cm³/mol. The van der Waals surface area contributed by atoms with Gasteiger partial charge in [-0.2, -0.15) is 5.10 Å². The smallest absolute Gasteiger partial charge is 0.469 e. The number of phosphoric ester groups is 1. The summed E-state index contributed by atoms with van der Waals surface area (Å²) in [6.45, 7) is 4.49. The van der Waals surface area contributed by atoms with Crippen molar-refractivity contribution in [2.24, 2.45) is 12.5 Å². The van der Waals surface area contributed by atoms with Crippen LogP contribution in [0.2, 0.25) is 0 Å². The first-order chi connectivity index (χ1) is 14.5. The van der Waals surface area contributed by atoms with Gasteiger partial charge in [-0.3, -0.25) is 23.3 Å². The first-order valence-electron chi connectivity index (χ1n) is 9.63. The molecular weight excluding hydrogens is 433 g/mol. The highest BCUT2D eigenvalue weighted by Crippen LogP contribution is 2.57. The Morgan fingerprint density at radius 2 is 2.10 bits per heavy atom. The van der Waals surface area contributed by atoms with Crippen molar-refractivity contribution in [3.63, 3.8) is 0 Å². The van der Waals surface area contributed by atoms with Crippen LogP contribution in [0.3, 0.4) is 0 Å². The lowest BCUT2D eigenvalue weighted by molar-refractivity contribution is -0.144. The third-order valence-corrected chi connectivity index (χ3v) is 5.87. The van der Waals surface area contributed by atoms with Crippen LogP contribution in [0.25, 0.3) is 0 Å². The van der Waals surface area contributed by atoms with Crippen molar-refractivity contribution in [1.82, 2.24) is 15.1 Å². The Labute approximate surface area is 180 Å². The topological polar surface area (TPSA) is 144 Å². The van der Waals surface area contributed by atoms with Gasteiger partial charge in [0.2, 0.25) is 12.7 Å². The van der Waals surface area contributed by atoms with Gasteiger partial charge in [-0.25, -0.2) is 13.9 Å². The van der Waals surface area contributed by atoms with E-state index in [2.05, 4.69) is 15.2 Å². The first-order valence-corrected chi connectivity index (χ1v) is 11.1. The molecule has 1 aliphatic heterocycles. The largest absolute Gasteiger partial charge is 0.478 e. The number of esters is 2. The zero-order chi connectivity index (χ0) is 23.2. The second kappa shape index (κ2) is 10.4. The van der Waals surface area contributed by atoms with Crippen LogP contribution in [0.1, 0.15) is 43.4 Å². The molecule has 1 aromatic heterocycles. The molecule has 2 rings (SSSR count). The number of nitrogens with zero attached hydrogens (tertiary/aromatic N) is 2. The van der Waals surface area contributed by atoms with Gasteiger partial charge in [0.15, 0.2) is 6.10 Å². The third-order valence-electron chi connectivity index (χ3n) is 4.54. The summed E-state index contributed by atoms with van der Waals surface area (Å²) >= 11 is 0. The number of nitrogens with one attached hydrogen (secondary N) is 1. The highest BCUT2D eigenvalue weighted by Gasteiger charge is 2.49. The molecule has 0 radical (unpaired) electrons. The van der Waals surface area contributed by atoms with Gasteiger partial charge in [-0.15, -0.1) is 0 Å². The Hall–Kier alpha value is -2.27. The van der Waals surface area contributed by atoms with Gasteiger partial charge in [0.05, 0.1) is 25.8 Å². The van der Waals surface area contributed by atoms with Crippen LogP contribution in [0.5, 0.6) is 0 Å². The van der Waals surface area contributed by atoms with Crippen molar-refractivity contribution in [1.29, 1.82) is 0 Å². The number of amides is 1. The van der Waals surface area contributed by atoms with Gasteiger partial charge in [-0.1, -0.05) is 20.8 Å². The minimum Gasteiger partial charge on any atom is -0.469 e. The third kappa shape index (κ3) is 6.60. The van der Waals surface area contributed by atoms with Gasteiger partial charge in [0, 0.05) is 19.0 Å². The number of methoxy groups -OCH3 is 1. The van der Waals surface area contributed by atoms with Crippen LogP contribution < -0.4 is 5.32 Å². The van der Waals surface area contributed by atoms with E-state index in [1.54, 1.807) is 27.0 Å². The number of ether oxygens (including phenoxy) is 2. The van der Waals surface area contributed by atoms with E-state index < -0.39 is 44.0 Å². The Kier molecular flexibility index (Phi) is 8.35. The average Bonchev–Trinajstić information content (AvgIpc) is 3.10. The summed E-state index contributed by atoms with van der Waals surface area (Å²) in [7, 11) is -1.34. The zero-order valence-corrected chi connectivity index (χ0v) is 19.1. The van der Waals surface area contributed by atoms with Crippen molar-refractivity contribution in [3.8, 4) is 0 Å². The molecule has 1 unspecified atom stereocenters. The number of aromatic nitrogens is 2. The summed E-state index contributed by atoms with van der Waals surface area (Å²) in [5, 5.41) is 6.67. The molecule has 0 aromatic carbocycles. The van der Waals surface area contributed by atoms with E-state index in [0.29, 0.717) is 12.1 Å². The van der Waals surface area contributed by atoms with Crippen LogP contribution >= 0.6 is 7.82 Å². The molecule has 2 atom stereocenters. The molecule has 13 heteroatoms. The second-order valence-corrected chi connectivity index (χ2v) is 9.11. The quantitative estimate of drug-likeness (QED) is 0.325. The molecule has 1 fully saturated rings. The van der Waals surface area contributed by atoms with E-state index in [1.807, 2.05) is 6.92 Å². The number of rotatable bonds is 9. The predicted octanol–water partition coefficient (Wildman–Crippen LogP) is 1.34. The van der Waals surface area contributed by atoms with E-state index in [4.69, 9.17) is 18.3 Å². The lowest BCUT2D eigenvalue weighted by Crippen LogP contribution is -2.50. The normalized spacial score (nSPS) is 22.5. The monoisotopic (exact) mass is 461 g/mol. The summed E-state index contributed by atoms with van der Waals surface area (Å²) in [6, 6.07) is 1.58. The number of hydrogen-bond donors (Lipinski definition) is 1. The Balaban J connectivity index is 1.92. The van der Waals surface area contributed by atoms with Crippen molar-refractivity contribution < 1.29 is 42.0 Å². The van der Waals surface area contributed by atoms with Crippen LogP contribution in [0.4, 0.5) is 0 Å². The maximum absolute atomic E-state index is 12.8. The van der Waals surface area contributed by atoms with Crippen molar-refractivity contribution >= 4 is 25.7 Å². The number of carbonyl (C=O) groups excluding carboxylic acids is 3. The van der Waals surface area contributed by atoms with E-state index in [0.717, 1.165) is 0 Å². The molecule has 31 heavy (non-hydrogen) atoms. The molecule has 1 N–H and O–H groups in total. The summed E-state index contributed by atoms with van der Waals surface area (Å²) in [5.41, 5.74) is 0.0905. The highest BCUT2D eigenvalue weighted by molar-refractivity contribution is 7.48. The summed E-state index contributed by atoms with van der Waals surface area (Å²) in [4.78, 5) is 35.8. The molecule has 2 heterocycles. The fourth-order valence-electron chi connectivity index (χ4n) is 2.69. The van der Waals surface area contributed by atoms with Gasteiger partial charge in [-0.05, 0) is 12.5 Å². The fourth-order valence-corrected chi connectivity index (χ4v) is 4.19. The van der Waals surface area contributed by atoms with Crippen molar-refractivity contribution in [3.05, 3.63) is 17.5 Å². The molecule has 1 amide bonds. The fraction of sp³-hybridized carbons (Fsp3) is 0.667. The molecule has 1 saturated heterocycles. The maximum atomic E-state index is 12.8. The maximum Gasteiger partial charge on any atom is 0.478 e. The number of phosphoric acid groups is 1. The van der Waals surface area contributed by atoms with Gasteiger partial charge >= 0.3 is 19.8 Å². The number of hydrogen-bond acceptors (Lipinski definition) is 10. The van der Waals surface area contributed by atoms with Crippen LogP contribution in [-0.2, 0) is 50.7 Å². The van der Waals surface area contributed by atoms with Crippen molar-refractivity contribution in [2.45, 2.75) is 39.7 Å². The van der Waals surface area contributed by atoms with Crippen molar-refractivity contribution in [2.75, 3.05) is 27.1 Å². The van der Waals surface area contributed by atoms with Crippen LogP contribution in [0.15, 0.2) is 6.07 Å². The Morgan fingerprint density at radius 1 is 1.39 bits per heavy atom. The van der Waals surface area contributed by atoms with E-state index in [9.17, 15) is 18.9 Å². The minimum atomic E-state index is -4.17. The average molecular weight is 461 g/mol. The van der Waals surface area contributed by atoms with Gasteiger partial charge in [0.1, 0.15) is 5.69 Å². The first kappa shape index (κ1) is 25.0. The SMILES string of the molecule is CCc1cc(C(=O)OCOP2(=O)OCC(C)(C)[C@H](C(=O)NCCC(=O)OC)O2)n(C)n1. The summed E-state index contributed by atoms with van der Waals surface area (Å²) < 4.78 is 39.2. The molecule has 1 aromatic rings. The standard InChI is InChI=1S/C18H28N3O9P/c1-6-12-9-13(21(4)20-12)17(24)27-11-29-31(25)28-10-18(2,3)15(30-31)16(23)19-8-7-14(22)26-5/h9,15H,6-8,10-11H2,1-5H3,(H,19,23)/t15-,31?/m0/s1. The molecular formula is C18H28N3O9P. The molecule has 0 saturated carbocycles. The van der Waals surface area contributed by atoms with Gasteiger partial charge < -0.3 is 14.8 Å². The molecule has 0 bridgehead atoms. The lowest BCUT2D eigenvalue weighted by atomic mass is 9.87. The zero-order valence-electron chi connectivity index (χ0n) is 18.2. The molecule has 12 nitrogen and oxygen atoms in total. The van der Waals surface area contributed by atoms with Gasteiger partial charge in [0.25, 0.3) is 0 Å². The molecule has 1 aliphatic rings. The molecule has 174 valence electrons. The Morgan fingerprint density at radius 3 is 2.71 bits per heavy atom. The van der Waals surface area contributed by atoms with Crippen LogP contribution in [0, 0.1) is 5.41 Å². The second-order valence-electron chi connectivity index (χ2n) is 7.49. The Bertz CT molecular complexity index is 867. The number of aryl methyl sites for hydroxylation is 2. The molecule has 0 spiro atoms. The molecule has 0 aliphatic carbocycles. The van der Waals surface area contributed by atoms with E-state index in [1.165, 1.54) is 11.8 Å². The highest BCUT2D eigenvalue weighted by atomic mass is 31.2. The van der Waals surface area contributed by atoms with E-state index >= 15 is 0 Å². The number of carbonyl (C=O) groups is 3. The minimum absolute atomic E-state index is 0.0233. The summed E-state index contributed by atoms with van der Waals surface area (Å²) in [6.07, 6.45) is -0.554. The van der Waals surface area contributed by atoms with Crippen LogP contribution in [-0.4, -0.2) is 60.8 Å². The lowest BCUT2D eigenvalue weighted by Gasteiger charge is -2.39. The summed E-state index contributed by atoms with van der Waals surface area (Å²) in [5.74, 6) is -1.79. The van der Waals surface area contributed by atoms with E-state index in [-0.39, 0.29) is 25.3 Å².